The molecule has 2 aromatic rings. The van der Waals surface area contributed by atoms with Gasteiger partial charge in [-0.1, -0.05) is 6.07 Å². The first-order chi connectivity index (χ1) is 13.2. The zero-order chi connectivity index (χ0) is 20.9. The maximum Gasteiger partial charge on any atom is 0.247 e. The number of aryl methyl sites for hydroxylation is 1. The lowest BCUT2D eigenvalue weighted by Gasteiger charge is -2.19. The molecular weight excluding hydrogens is 384 g/mol. The highest BCUT2D eigenvalue weighted by molar-refractivity contribution is 7.89. The zero-order valence-electron chi connectivity index (χ0n) is 16.5. The van der Waals surface area contributed by atoms with Crippen molar-refractivity contribution >= 4 is 21.6 Å². The molecule has 0 aromatic heterocycles. The average Bonchev–Trinajstić information content (AvgIpc) is 2.67. The molecule has 0 fully saturated rings. The number of ether oxygens (including phenoxy) is 3. The molecule has 2 aromatic carbocycles. The highest BCUT2D eigenvalue weighted by Gasteiger charge is 2.27. The van der Waals surface area contributed by atoms with Gasteiger partial charge in [0.2, 0.25) is 15.9 Å². The summed E-state index contributed by atoms with van der Waals surface area (Å²) < 4.78 is 42.3. The third-order valence-electron chi connectivity index (χ3n) is 4.05. The number of carbonyl (C=O) groups excluding carboxylic acids is 1. The molecule has 28 heavy (non-hydrogen) atoms. The SMILES string of the molecule is COc1ccc(OC)c(S(=O)(=O)N(C)CC(=O)Nc2cc(C)ccc2OC)c1. The Balaban J connectivity index is 2.23. The van der Waals surface area contributed by atoms with Crippen molar-refractivity contribution in [2.75, 3.05) is 40.2 Å². The minimum Gasteiger partial charge on any atom is -0.497 e. The maximum absolute atomic E-state index is 12.9. The van der Waals surface area contributed by atoms with E-state index in [2.05, 4.69) is 5.32 Å². The van der Waals surface area contributed by atoms with Crippen LogP contribution in [0.4, 0.5) is 5.69 Å². The Hall–Kier alpha value is -2.78. The topological polar surface area (TPSA) is 94.2 Å². The number of amides is 1. The standard InChI is InChI=1S/C19H24N2O6S/c1-13-6-8-16(26-4)15(10-13)20-19(22)12-21(2)28(23,24)18-11-14(25-3)7-9-17(18)27-5/h6-11H,12H2,1-5H3,(H,20,22). The van der Waals surface area contributed by atoms with Gasteiger partial charge in [0, 0.05) is 13.1 Å². The van der Waals surface area contributed by atoms with Gasteiger partial charge in [0.25, 0.3) is 0 Å². The summed E-state index contributed by atoms with van der Waals surface area (Å²) in [5.74, 6) is 0.505. The van der Waals surface area contributed by atoms with Crippen LogP contribution in [0, 0.1) is 6.92 Å². The Bertz CT molecular complexity index is 959. The van der Waals surface area contributed by atoms with Gasteiger partial charge in [-0.05, 0) is 36.8 Å². The van der Waals surface area contributed by atoms with Crippen molar-refractivity contribution in [3.8, 4) is 17.2 Å². The number of hydrogen-bond acceptors (Lipinski definition) is 6. The molecule has 0 heterocycles. The largest absolute Gasteiger partial charge is 0.497 e. The minimum absolute atomic E-state index is 0.0854. The van der Waals surface area contributed by atoms with Crippen molar-refractivity contribution in [3.63, 3.8) is 0 Å². The van der Waals surface area contributed by atoms with Crippen molar-refractivity contribution in [2.24, 2.45) is 0 Å². The van der Waals surface area contributed by atoms with Crippen LogP contribution in [0.1, 0.15) is 5.56 Å². The van der Waals surface area contributed by atoms with Gasteiger partial charge in [0.05, 0.1) is 33.6 Å². The summed E-state index contributed by atoms with van der Waals surface area (Å²) in [6, 6.07) is 9.76. The van der Waals surface area contributed by atoms with Crippen LogP contribution >= 0.6 is 0 Å². The van der Waals surface area contributed by atoms with Crippen LogP contribution in [0.25, 0.3) is 0 Å². The molecule has 0 aliphatic heterocycles. The molecule has 0 bridgehead atoms. The van der Waals surface area contributed by atoms with Crippen LogP contribution in [-0.2, 0) is 14.8 Å². The van der Waals surface area contributed by atoms with E-state index < -0.39 is 15.9 Å². The van der Waals surface area contributed by atoms with E-state index in [9.17, 15) is 13.2 Å². The number of benzene rings is 2. The number of hydrogen-bond donors (Lipinski definition) is 1. The summed E-state index contributed by atoms with van der Waals surface area (Å²) >= 11 is 0. The molecule has 152 valence electrons. The van der Waals surface area contributed by atoms with Crippen LogP contribution in [0.3, 0.4) is 0 Å². The quantitative estimate of drug-likeness (QED) is 0.720. The van der Waals surface area contributed by atoms with Crippen molar-refractivity contribution in [1.82, 2.24) is 4.31 Å². The number of methoxy groups -OCH3 is 3. The molecule has 0 spiro atoms. The first-order valence-electron chi connectivity index (χ1n) is 8.35. The van der Waals surface area contributed by atoms with Gasteiger partial charge in [-0.2, -0.15) is 4.31 Å². The number of nitrogens with one attached hydrogen (secondary N) is 1. The Morgan fingerprint density at radius 3 is 2.25 bits per heavy atom. The molecule has 0 radical (unpaired) electrons. The van der Waals surface area contributed by atoms with E-state index in [1.54, 1.807) is 18.2 Å². The predicted molar refractivity (Wildman–Crippen MR) is 106 cm³/mol. The lowest BCUT2D eigenvalue weighted by Crippen LogP contribution is -2.35. The molecule has 2 rings (SSSR count). The molecule has 1 amide bonds. The summed E-state index contributed by atoms with van der Waals surface area (Å²) in [6.45, 7) is 1.49. The van der Waals surface area contributed by atoms with Gasteiger partial charge in [0.15, 0.2) is 0 Å². The van der Waals surface area contributed by atoms with E-state index in [-0.39, 0.29) is 17.2 Å². The second-order valence-corrected chi connectivity index (χ2v) is 8.04. The molecule has 0 aliphatic carbocycles. The Labute approximate surface area is 165 Å². The zero-order valence-corrected chi connectivity index (χ0v) is 17.3. The van der Waals surface area contributed by atoms with Crippen LogP contribution in [0.5, 0.6) is 17.2 Å². The molecule has 1 N–H and O–H groups in total. The second kappa shape index (κ2) is 8.94. The lowest BCUT2D eigenvalue weighted by atomic mass is 10.2. The van der Waals surface area contributed by atoms with E-state index in [4.69, 9.17) is 14.2 Å². The molecule has 0 aliphatic rings. The molecular formula is C19H24N2O6S. The van der Waals surface area contributed by atoms with E-state index in [0.717, 1.165) is 9.87 Å². The number of nitrogens with zero attached hydrogens (tertiary/aromatic N) is 1. The summed E-state index contributed by atoms with van der Waals surface area (Å²) in [6.07, 6.45) is 0. The number of rotatable bonds is 8. The van der Waals surface area contributed by atoms with Gasteiger partial charge in [-0.15, -0.1) is 0 Å². The molecule has 0 unspecified atom stereocenters. The van der Waals surface area contributed by atoms with Crippen LogP contribution in [0.15, 0.2) is 41.3 Å². The number of anilines is 1. The summed E-state index contributed by atoms with van der Waals surface area (Å²) in [4.78, 5) is 12.3. The third-order valence-corrected chi connectivity index (χ3v) is 5.88. The highest BCUT2D eigenvalue weighted by atomic mass is 32.2. The molecule has 0 saturated heterocycles. The molecule has 0 atom stereocenters. The smallest absolute Gasteiger partial charge is 0.247 e. The molecule has 9 heteroatoms. The van der Waals surface area contributed by atoms with Crippen LogP contribution < -0.4 is 19.5 Å². The average molecular weight is 408 g/mol. The Morgan fingerprint density at radius 1 is 1.00 bits per heavy atom. The van der Waals surface area contributed by atoms with Gasteiger partial charge in [0.1, 0.15) is 22.1 Å². The molecule has 0 saturated carbocycles. The number of carbonyl (C=O) groups is 1. The highest BCUT2D eigenvalue weighted by Crippen LogP contribution is 2.30. The lowest BCUT2D eigenvalue weighted by molar-refractivity contribution is -0.116. The van der Waals surface area contributed by atoms with Gasteiger partial charge < -0.3 is 19.5 Å². The first kappa shape index (κ1) is 21.5. The second-order valence-electron chi connectivity index (χ2n) is 6.03. The fourth-order valence-corrected chi connectivity index (χ4v) is 3.84. The maximum atomic E-state index is 12.9. The van der Waals surface area contributed by atoms with Crippen LogP contribution in [-0.4, -0.2) is 53.6 Å². The van der Waals surface area contributed by atoms with E-state index in [0.29, 0.717) is 17.2 Å². The number of sulfonamides is 1. The van der Waals surface area contributed by atoms with Gasteiger partial charge in [-0.25, -0.2) is 8.42 Å². The first-order valence-corrected chi connectivity index (χ1v) is 9.79. The van der Waals surface area contributed by atoms with Crippen molar-refractivity contribution in [1.29, 1.82) is 0 Å². The molecule has 8 nitrogen and oxygen atoms in total. The van der Waals surface area contributed by atoms with Gasteiger partial charge >= 0.3 is 0 Å². The van der Waals surface area contributed by atoms with Crippen molar-refractivity contribution in [3.05, 3.63) is 42.0 Å². The fraction of sp³-hybridized carbons (Fsp3) is 0.316. The Kier molecular flexibility index (Phi) is 6.87. The van der Waals surface area contributed by atoms with E-state index >= 15 is 0 Å². The predicted octanol–water partition coefficient (Wildman–Crippen LogP) is 2.28. The van der Waals surface area contributed by atoms with E-state index in [1.807, 2.05) is 13.0 Å². The number of likely N-dealkylation sites (N-methyl/N-ethyl adjacent to an activating group) is 1. The summed E-state index contributed by atoms with van der Waals surface area (Å²) in [5.41, 5.74) is 1.40. The normalized spacial score (nSPS) is 11.2. The van der Waals surface area contributed by atoms with Gasteiger partial charge in [-0.3, -0.25) is 4.79 Å². The van der Waals surface area contributed by atoms with E-state index in [1.165, 1.54) is 40.5 Å². The minimum atomic E-state index is -3.99. The Morgan fingerprint density at radius 2 is 1.64 bits per heavy atom. The summed E-state index contributed by atoms with van der Waals surface area (Å²) in [5, 5.41) is 2.68. The van der Waals surface area contributed by atoms with Crippen LogP contribution in [0.2, 0.25) is 0 Å². The fourth-order valence-electron chi connectivity index (χ4n) is 2.55. The third kappa shape index (κ3) is 4.73. The van der Waals surface area contributed by atoms with Crippen molar-refractivity contribution < 1.29 is 27.4 Å². The monoisotopic (exact) mass is 408 g/mol. The van der Waals surface area contributed by atoms with Crippen molar-refractivity contribution in [2.45, 2.75) is 11.8 Å². The summed E-state index contributed by atoms with van der Waals surface area (Å²) in [7, 11) is 1.63.